The average Bonchev–Trinajstić information content (AvgIpc) is 2.78. The van der Waals surface area contributed by atoms with Gasteiger partial charge in [0.1, 0.15) is 0 Å². The summed E-state index contributed by atoms with van der Waals surface area (Å²) in [5, 5.41) is 11.2. The lowest BCUT2D eigenvalue weighted by atomic mass is 10.1. The molecule has 6 nitrogen and oxygen atoms in total. The van der Waals surface area contributed by atoms with Crippen LogP contribution in [0.15, 0.2) is 54.1 Å². The third-order valence-corrected chi connectivity index (χ3v) is 4.94. The zero-order valence-electron chi connectivity index (χ0n) is 17.4. The quantitative estimate of drug-likeness (QED) is 0.684. The van der Waals surface area contributed by atoms with E-state index in [0.29, 0.717) is 31.0 Å². The third-order valence-electron chi connectivity index (χ3n) is 4.94. The van der Waals surface area contributed by atoms with Crippen LogP contribution in [0.4, 0.5) is 18.9 Å². The zero-order chi connectivity index (χ0) is 23.1. The van der Waals surface area contributed by atoms with Crippen LogP contribution >= 0.6 is 0 Å². The normalized spacial score (nSPS) is 14.3. The summed E-state index contributed by atoms with van der Waals surface area (Å²) in [7, 11) is 1.47. The molecule has 0 saturated carbocycles. The number of alkyl halides is 3. The highest BCUT2D eigenvalue weighted by Crippen LogP contribution is 2.34. The maximum Gasteiger partial charge on any atom is 0.418 e. The van der Waals surface area contributed by atoms with Crippen LogP contribution in [0.3, 0.4) is 0 Å². The van der Waals surface area contributed by atoms with E-state index in [9.17, 15) is 18.0 Å². The Morgan fingerprint density at radius 2 is 2.00 bits per heavy atom. The fourth-order valence-corrected chi connectivity index (χ4v) is 3.31. The number of amides is 1. The summed E-state index contributed by atoms with van der Waals surface area (Å²) in [5.41, 5.74) is 0.501. The van der Waals surface area contributed by atoms with Crippen molar-refractivity contribution in [2.75, 3.05) is 32.1 Å². The number of hydrogen-bond donors (Lipinski definition) is 1. The molecule has 0 spiro atoms. The van der Waals surface area contributed by atoms with Gasteiger partial charge in [0.2, 0.25) is 0 Å². The van der Waals surface area contributed by atoms with E-state index < -0.39 is 24.3 Å². The number of benzene rings is 2. The van der Waals surface area contributed by atoms with Crippen molar-refractivity contribution < 1.29 is 27.4 Å². The van der Waals surface area contributed by atoms with E-state index in [4.69, 9.17) is 14.7 Å². The SMILES string of the molecule is COc1cc(CN2CC=C(C#N)CC2)ccc1OCC(=O)Nc1ccccc1C(F)(F)F. The van der Waals surface area contributed by atoms with Crippen LogP contribution in [0, 0.1) is 11.3 Å². The number of nitrogens with one attached hydrogen (secondary N) is 1. The summed E-state index contributed by atoms with van der Waals surface area (Å²) < 4.78 is 50.0. The number of para-hydroxylation sites is 1. The molecule has 0 aromatic heterocycles. The van der Waals surface area contributed by atoms with Gasteiger partial charge in [-0.15, -0.1) is 0 Å². The molecule has 2 aromatic rings. The lowest BCUT2D eigenvalue weighted by Gasteiger charge is -2.24. The van der Waals surface area contributed by atoms with Gasteiger partial charge in [-0.05, 0) is 36.2 Å². The first-order chi connectivity index (χ1) is 15.3. The monoisotopic (exact) mass is 445 g/mol. The number of carbonyl (C=O) groups is 1. The van der Waals surface area contributed by atoms with E-state index in [1.54, 1.807) is 12.1 Å². The number of methoxy groups -OCH3 is 1. The molecule has 1 aliphatic rings. The Bertz CT molecular complexity index is 1040. The number of rotatable bonds is 7. The molecule has 168 valence electrons. The molecule has 3 rings (SSSR count). The molecule has 9 heteroatoms. The molecule has 0 atom stereocenters. The minimum Gasteiger partial charge on any atom is -0.493 e. The molecule has 0 radical (unpaired) electrons. The Kier molecular flexibility index (Phi) is 7.38. The second-order valence-electron chi connectivity index (χ2n) is 7.19. The second kappa shape index (κ2) is 10.2. The Labute approximate surface area is 183 Å². The van der Waals surface area contributed by atoms with Gasteiger partial charge in [-0.25, -0.2) is 0 Å². The molecule has 0 fully saturated rings. The van der Waals surface area contributed by atoms with E-state index in [1.807, 2.05) is 12.1 Å². The van der Waals surface area contributed by atoms with Crippen LogP contribution in [0.1, 0.15) is 17.5 Å². The Hall–Kier alpha value is -3.51. The fraction of sp³-hybridized carbons (Fsp3) is 0.304. The van der Waals surface area contributed by atoms with Gasteiger partial charge in [-0.2, -0.15) is 18.4 Å². The van der Waals surface area contributed by atoms with E-state index in [0.717, 1.165) is 23.7 Å². The summed E-state index contributed by atoms with van der Waals surface area (Å²) in [5.74, 6) is -0.00157. The largest absolute Gasteiger partial charge is 0.493 e. The number of ether oxygens (including phenoxy) is 2. The van der Waals surface area contributed by atoms with Crippen LogP contribution in [-0.4, -0.2) is 37.6 Å². The van der Waals surface area contributed by atoms with Crippen molar-refractivity contribution in [1.29, 1.82) is 5.26 Å². The highest BCUT2D eigenvalue weighted by molar-refractivity contribution is 5.92. The molecule has 1 amide bonds. The minimum atomic E-state index is -4.58. The van der Waals surface area contributed by atoms with Crippen LogP contribution in [-0.2, 0) is 17.5 Å². The van der Waals surface area contributed by atoms with Gasteiger partial charge >= 0.3 is 6.18 Å². The van der Waals surface area contributed by atoms with Crippen molar-refractivity contribution in [2.24, 2.45) is 0 Å². The summed E-state index contributed by atoms with van der Waals surface area (Å²) in [6, 6.07) is 12.2. The smallest absolute Gasteiger partial charge is 0.418 e. The van der Waals surface area contributed by atoms with Crippen LogP contribution in [0.2, 0.25) is 0 Å². The van der Waals surface area contributed by atoms with Gasteiger partial charge in [0, 0.05) is 25.2 Å². The summed E-state index contributed by atoms with van der Waals surface area (Å²) in [4.78, 5) is 14.3. The first-order valence-corrected chi connectivity index (χ1v) is 9.87. The maximum absolute atomic E-state index is 13.1. The summed E-state index contributed by atoms with van der Waals surface area (Å²) in [6.45, 7) is 1.64. The van der Waals surface area contributed by atoms with E-state index >= 15 is 0 Å². The topological polar surface area (TPSA) is 74.6 Å². The lowest BCUT2D eigenvalue weighted by molar-refractivity contribution is -0.137. The van der Waals surface area contributed by atoms with Gasteiger partial charge in [0.15, 0.2) is 18.1 Å². The molecular weight excluding hydrogens is 423 g/mol. The molecule has 1 aliphatic heterocycles. The van der Waals surface area contributed by atoms with Crippen LogP contribution in [0.5, 0.6) is 11.5 Å². The molecule has 1 heterocycles. The number of anilines is 1. The summed E-state index contributed by atoms with van der Waals surface area (Å²) in [6.07, 6.45) is -1.96. The predicted molar refractivity (Wildman–Crippen MR) is 112 cm³/mol. The molecule has 2 aromatic carbocycles. The molecule has 0 unspecified atom stereocenters. The number of nitriles is 1. The van der Waals surface area contributed by atoms with Crippen molar-refractivity contribution in [3.8, 4) is 17.6 Å². The number of nitrogens with zero attached hydrogens (tertiary/aromatic N) is 2. The van der Waals surface area contributed by atoms with Crippen LogP contribution < -0.4 is 14.8 Å². The molecule has 0 aliphatic carbocycles. The first kappa shape index (κ1) is 23.2. The number of hydrogen-bond acceptors (Lipinski definition) is 5. The Morgan fingerprint density at radius 3 is 2.66 bits per heavy atom. The maximum atomic E-state index is 13.1. The zero-order valence-corrected chi connectivity index (χ0v) is 17.4. The van der Waals surface area contributed by atoms with Crippen molar-refractivity contribution in [1.82, 2.24) is 4.90 Å². The van der Waals surface area contributed by atoms with E-state index in [1.165, 1.54) is 25.3 Å². The first-order valence-electron chi connectivity index (χ1n) is 9.87. The van der Waals surface area contributed by atoms with E-state index in [2.05, 4.69) is 16.3 Å². The lowest BCUT2D eigenvalue weighted by Crippen LogP contribution is -2.28. The summed E-state index contributed by atoms with van der Waals surface area (Å²) >= 11 is 0. The third kappa shape index (κ3) is 6.02. The number of carbonyl (C=O) groups excluding carboxylic acids is 1. The molecule has 0 saturated heterocycles. The van der Waals surface area contributed by atoms with Crippen molar-refractivity contribution in [3.05, 3.63) is 65.2 Å². The standard InChI is InChI=1S/C23H22F3N3O3/c1-31-21-12-17(14-29-10-8-16(13-27)9-11-29)6-7-20(21)32-15-22(30)28-19-5-3-2-4-18(19)23(24,25)26/h2-8,12H,9-11,14-15H2,1H3,(H,28,30). The van der Waals surface area contributed by atoms with Gasteiger partial charge in [0.05, 0.1) is 24.4 Å². The molecule has 1 N–H and O–H groups in total. The average molecular weight is 445 g/mol. The minimum absolute atomic E-state index is 0.306. The Balaban J connectivity index is 1.60. The molecule has 32 heavy (non-hydrogen) atoms. The molecular formula is C23H22F3N3O3. The van der Waals surface area contributed by atoms with Crippen molar-refractivity contribution in [3.63, 3.8) is 0 Å². The van der Waals surface area contributed by atoms with Crippen molar-refractivity contribution >= 4 is 11.6 Å². The highest BCUT2D eigenvalue weighted by atomic mass is 19.4. The van der Waals surface area contributed by atoms with Gasteiger partial charge < -0.3 is 14.8 Å². The van der Waals surface area contributed by atoms with Gasteiger partial charge in [-0.3, -0.25) is 9.69 Å². The van der Waals surface area contributed by atoms with E-state index in [-0.39, 0.29) is 5.69 Å². The van der Waals surface area contributed by atoms with Crippen LogP contribution in [0.25, 0.3) is 0 Å². The second-order valence-corrected chi connectivity index (χ2v) is 7.19. The van der Waals surface area contributed by atoms with Gasteiger partial charge in [0.25, 0.3) is 5.91 Å². The fourth-order valence-electron chi connectivity index (χ4n) is 3.31. The predicted octanol–water partition coefficient (Wildman–Crippen LogP) is 4.39. The molecule has 0 bridgehead atoms. The Morgan fingerprint density at radius 1 is 1.22 bits per heavy atom. The number of halogens is 3. The van der Waals surface area contributed by atoms with Gasteiger partial charge in [-0.1, -0.05) is 24.3 Å². The highest BCUT2D eigenvalue weighted by Gasteiger charge is 2.33. The van der Waals surface area contributed by atoms with Crippen molar-refractivity contribution in [2.45, 2.75) is 19.1 Å².